The Kier molecular flexibility index (Phi) is 8.80. The molecule has 0 radical (unpaired) electrons. The van der Waals surface area contributed by atoms with E-state index in [4.69, 9.17) is 19.7 Å². The third kappa shape index (κ3) is 7.11. The van der Waals surface area contributed by atoms with Crippen molar-refractivity contribution < 1.29 is 9.66 Å². The fourth-order valence-electron chi connectivity index (χ4n) is 5.76. The highest BCUT2D eigenvalue weighted by Crippen LogP contribution is 2.30. The summed E-state index contributed by atoms with van der Waals surface area (Å²) in [6.45, 7) is 5.42. The summed E-state index contributed by atoms with van der Waals surface area (Å²) < 4.78 is 7.26. The molecule has 47 heavy (non-hydrogen) atoms. The molecule has 1 aliphatic heterocycles. The van der Waals surface area contributed by atoms with E-state index in [1.54, 1.807) is 17.0 Å². The second kappa shape index (κ2) is 13.8. The fourth-order valence-corrected chi connectivity index (χ4v) is 5.76. The van der Waals surface area contributed by atoms with Crippen LogP contribution in [-0.4, -0.2) is 55.6 Å². The van der Waals surface area contributed by atoms with E-state index in [1.807, 2.05) is 54.6 Å². The molecular weight excluding hydrogens is 592 g/mol. The van der Waals surface area contributed by atoms with Crippen LogP contribution in [0.25, 0.3) is 16.9 Å². The Labute approximate surface area is 272 Å². The largest absolute Gasteiger partial charge is 0.379 e. The van der Waals surface area contributed by atoms with E-state index in [0.29, 0.717) is 41.7 Å². The zero-order valence-corrected chi connectivity index (χ0v) is 25.8. The molecule has 1 aliphatic rings. The van der Waals surface area contributed by atoms with Crippen molar-refractivity contribution in [3.05, 3.63) is 142 Å². The lowest BCUT2D eigenvalue weighted by Gasteiger charge is -2.26. The third-order valence-corrected chi connectivity index (χ3v) is 8.15. The van der Waals surface area contributed by atoms with Crippen LogP contribution in [0.4, 0.5) is 23.1 Å². The summed E-state index contributed by atoms with van der Waals surface area (Å²) in [4.78, 5) is 30.5. The summed E-state index contributed by atoms with van der Waals surface area (Å²) in [5, 5.41) is 15.0. The molecule has 0 saturated carbocycles. The van der Waals surface area contributed by atoms with Crippen molar-refractivity contribution in [1.29, 1.82) is 0 Å². The number of hydrogen-bond acceptors (Lipinski definition) is 9. The SMILES string of the molecule is O=[N+]([O-])c1cccc(-n2cnc3c(N(Cc4ccccc4)Cc4ccccc4)nc(Nc4ccc(CN5CCOCC5)cc4)nc32)c1. The van der Waals surface area contributed by atoms with Crippen molar-refractivity contribution in [2.45, 2.75) is 19.6 Å². The minimum absolute atomic E-state index is 0.0103. The Morgan fingerprint density at radius 2 is 1.49 bits per heavy atom. The first kappa shape index (κ1) is 30.0. The maximum atomic E-state index is 11.6. The molecule has 1 fully saturated rings. The fraction of sp³-hybridized carbons (Fsp3) is 0.194. The molecule has 0 unspecified atom stereocenters. The molecule has 0 aliphatic carbocycles. The van der Waals surface area contributed by atoms with Gasteiger partial charge in [-0.1, -0.05) is 78.9 Å². The van der Waals surface area contributed by atoms with Crippen LogP contribution >= 0.6 is 0 Å². The molecule has 0 spiro atoms. The average Bonchev–Trinajstić information content (AvgIpc) is 3.54. The summed E-state index contributed by atoms with van der Waals surface area (Å²) in [6.07, 6.45) is 1.65. The smallest absolute Gasteiger partial charge is 0.271 e. The van der Waals surface area contributed by atoms with Gasteiger partial charge in [0.2, 0.25) is 5.95 Å². The van der Waals surface area contributed by atoms with Crippen molar-refractivity contribution in [3.8, 4) is 5.69 Å². The molecule has 236 valence electrons. The first-order valence-electron chi connectivity index (χ1n) is 15.6. The van der Waals surface area contributed by atoms with E-state index in [2.05, 4.69) is 51.5 Å². The van der Waals surface area contributed by atoms with Crippen LogP contribution < -0.4 is 10.2 Å². The Morgan fingerprint density at radius 1 is 0.809 bits per heavy atom. The van der Waals surface area contributed by atoms with Gasteiger partial charge in [0, 0.05) is 50.5 Å². The second-order valence-electron chi connectivity index (χ2n) is 11.5. The third-order valence-electron chi connectivity index (χ3n) is 8.15. The number of fused-ring (bicyclic) bond motifs is 1. The first-order valence-corrected chi connectivity index (χ1v) is 15.6. The molecule has 0 amide bonds. The van der Waals surface area contributed by atoms with Crippen molar-refractivity contribution in [2.75, 3.05) is 36.5 Å². The van der Waals surface area contributed by atoms with E-state index in [1.165, 1.54) is 17.7 Å². The Bertz CT molecular complexity index is 1920. The van der Waals surface area contributed by atoms with Crippen molar-refractivity contribution in [1.82, 2.24) is 24.4 Å². The van der Waals surface area contributed by atoms with E-state index >= 15 is 0 Å². The summed E-state index contributed by atoms with van der Waals surface area (Å²) in [5.41, 5.74) is 6.02. The number of ether oxygens (including phenoxy) is 1. The molecule has 2 aromatic heterocycles. The maximum Gasteiger partial charge on any atom is 0.271 e. The van der Waals surface area contributed by atoms with Gasteiger partial charge in [-0.25, -0.2) is 4.98 Å². The van der Waals surface area contributed by atoms with Gasteiger partial charge in [0.15, 0.2) is 17.0 Å². The normalized spacial score (nSPS) is 13.4. The number of non-ortho nitro benzene ring substituents is 1. The van der Waals surface area contributed by atoms with Gasteiger partial charge < -0.3 is 15.0 Å². The van der Waals surface area contributed by atoms with Crippen LogP contribution in [0.2, 0.25) is 0 Å². The van der Waals surface area contributed by atoms with Crippen molar-refractivity contribution in [3.63, 3.8) is 0 Å². The zero-order chi connectivity index (χ0) is 32.0. The van der Waals surface area contributed by atoms with Crippen molar-refractivity contribution in [2.24, 2.45) is 0 Å². The number of nitro benzene ring substituents is 1. The number of benzene rings is 4. The number of nitrogens with one attached hydrogen (secondary N) is 1. The molecule has 6 aromatic rings. The van der Waals surface area contributed by atoms with Crippen LogP contribution in [-0.2, 0) is 24.4 Å². The second-order valence-corrected chi connectivity index (χ2v) is 11.5. The Balaban J connectivity index is 1.29. The number of hydrogen-bond donors (Lipinski definition) is 1. The number of imidazole rings is 1. The highest BCUT2D eigenvalue weighted by Gasteiger charge is 2.21. The molecule has 1 saturated heterocycles. The minimum atomic E-state index is -0.403. The molecular formula is C36H34N8O3. The first-order chi connectivity index (χ1) is 23.1. The van der Waals surface area contributed by atoms with Crippen LogP contribution in [0.15, 0.2) is 116 Å². The number of morpholine rings is 1. The van der Waals surface area contributed by atoms with Gasteiger partial charge in [-0.15, -0.1) is 0 Å². The van der Waals surface area contributed by atoms with E-state index in [9.17, 15) is 10.1 Å². The van der Waals surface area contributed by atoms with Crippen LogP contribution in [0.5, 0.6) is 0 Å². The van der Waals surface area contributed by atoms with Crippen LogP contribution in [0, 0.1) is 10.1 Å². The monoisotopic (exact) mass is 626 g/mol. The maximum absolute atomic E-state index is 11.6. The van der Waals surface area contributed by atoms with Gasteiger partial charge >= 0.3 is 0 Å². The molecule has 11 heteroatoms. The van der Waals surface area contributed by atoms with E-state index in [0.717, 1.165) is 49.7 Å². The summed E-state index contributed by atoms with van der Waals surface area (Å²) in [7, 11) is 0. The minimum Gasteiger partial charge on any atom is -0.379 e. The highest BCUT2D eigenvalue weighted by atomic mass is 16.6. The Morgan fingerprint density at radius 3 is 2.15 bits per heavy atom. The molecule has 1 N–H and O–H groups in total. The lowest BCUT2D eigenvalue weighted by atomic mass is 10.1. The van der Waals surface area contributed by atoms with Crippen LogP contribution in [0.1, 0.15) is 16.7 Å². The molecule has 11 nitrogen and oxygen atoms in total. The lowest BCUT2D eigenvalue weighted by Crippen LogP contribution is -2.35. The Hall–Kier alpha value is -5.65. The predicted molar refractivity (Wildman–Crippen MR) is 182 cm³/mol. The summed E-state index contributed by atoms with van der Waals surface area (Å²) >= 11 is 0. The van der Waals surface area contributed by atoms with Crippen LogP contribution in [0.3, 0.4) is 0 Å². The van der Waals surface area contributed by atoms with Gasteiger partial charge in [-0.05, 0) is 34.9 Å². The van der Waals surface area contributed by atoms with Gasteiger partial charge in [-0.3, -0.25) is 19.6 Å². The molecule has 0 bridgehead atoms. The van der Waals surface area contributed by atoms with E-state index in [-0.39, 0.29) is 5.69 Å². The van der Waals surface area contributed by atoms with Gasteiger partial charge in [-0.2, -0.15) is 9.97 Å². The van der Waals surface area contributed by atoms with Gasteiger partial charge in [0.25, 0.3) is 5.69 Å². The summed E-state index contributed by atoms with van der Waals surface area (Å²) in [5.74, 6) is 1.05. The van der Waals surface area contributed by atoms with Gasteiger partial charge in [0.05, 0.1) is 23.8 Å². The standard InChI is InChI=1S/C36H34N8O3/c45-44(46)32-13-7-12-31(22-32)43-26-37-33-34(42(24-27-8-3-1-4-9-27)25-28-10-5-2-6-11-28)39-36(40-35(33)43)38-30-16-14-29(15-17-30)23-41-18-20-47-21-19-41/h1-17,22,26H,18-21,23-25H2,(H,38,39,40). The lowest BCUT2D eigenvalue weighted by molar-refractivity contribution is -0.384. The van der Waals surface area contributed by atoms with Gasteiger partial charge in [0.1, 0.15) is 6.33 Å². The number of aromatic nitrogens is 4. The predicted octanol–water partition coefficient (Wildman–Crippen LogP) is 6.51. The topological polar surface area (TPSA) is 114 Å². The molecule has 7 rings (SSSR count). The molecule has 4 aromatic carbocycles. The zero-order valence-electron chi connectivity index (χ0n) is 25.8. The highest BCUT2D eigenvalue weighted by molar-refractivity contribution is 5.86. The summed E-state index contributed by atoms with van der Waals surface area (Å²) in [6, 6.07) is 35.2. The number of anilines is 3. The molecule has 3 heterocycles. The quantitative estimate of drug-likeness (QED) is 0.127. The molecule has 0 atom stereocenters. The van der Waals surface area contributed by atoms with E-state index < -0.39 is 4.92 Å². The average molecular weight is 627 g/mol. The number of nitrogens with zero attached hydrogens (tertiary/aromatic N) is 7. The number of rotatable bonds is 11. The number of nitro groups is 1. The van der Waals surface area contributed by atoms with Crippen molar-refractivity contribution >= 4 is 34.3 Å².